The van der Waals surface area contributed by atoms with Gasteiger partial charge in [-0.1, -0.05) is 25.7 Å². The highest BCUT2D eigenvalue weighted by atomic mass is 16.6. The van der Waals surface area contributed by atoms with E-state index in [9.17, 15) is 14.4 Å². The number of carbonyl (C=O) groups excluding carboxylic acids is 3. The Labute approximate surface area is 425 Å². The largest absolute Gasteiger partial charge is 0.444 e. The molecule has 2 saturated heterocycles. The second-order valence-electron chi connectivity index (χ2n) is 22.7. The van der Waals surface area contributed by atoms with Gasteiger partial charge in [0, 0.05) is 101 Å². The number of carbonyl (C=O) groups is 3. The summed E-state index contributed by atoms with van der Waals surface area (Å²) in [5.41, 5.74) is 10.6. The summed E-state index contributed by atoms with van der Waals surface area (Å²) < 4.78 is 9.70. The Balaban J connectivity index is 0.000000160. The van der Waals surface area contributed by atoms with Crippen LogP contribution < -0.4 is 31.5 Å². The SMILES string of the molecule is CN(C)C(=O)c1cc2cnc(Nc3ccc(N4CC5CC5(N)C4)cn3)nc2n1C1CCCC1.CN(C)C(=O)c1cc2cnc(Nc3ccc(N4CC5CC5(NC(=O)OC(C)(C)C)C4)cn3)nc2n1C1CCCC1. The molecule has 0 aromatic carbocycles. The van der Waals surface area contributed by atoms with Crippen molar-refractivity contribution < 1.29 is 19.1 Å². The maximum absolute atomic E-state index is 13.0. The first-order chi connectivity index (χ1) is 34.9. The van der Waals surface area contributed by atoms with Gasteiger partial charge in [0.2, 0.25) is 11.9 Å². The Hall–Kier alpha value is -7.09. The van der Waals surface area contributed by atoms with Crippen LogP contribution in [-0.4, -0.2) is 138 Å². The van der Waals surface area contributed by atoms with E-state index in [2.05, 4.69) is 60.9 Å². The van der Waals surface area contributed by atoms with Gasteiger partial charge < -0.3 is 55.2 Å². The van der Waals surface area contributed by atoms with Crippen molar-refractivity contribution in [3.63, 3.8) is 0 Å². The second kappa shape index (κ2) is 18.4. The molecule has 20 heteroatoms. The van der Waals surface area contributed by atoms with Gasteiger partial charge in [-0.05, 0) is 102 Å². The molecule has 6 aromatic heterocycles. The highest BCUT2D eigenvalue weighted by Gasteiger charge is 2.61. The lowest BCUT2D eigenvalue weighted by Gasteiger charge is -2.25. The molecule has 384 valence electrons. The van der Waals surface area contributed by atoms with Crippen LogP contribution in [0.3, 0.4) is 0 Å². The lowest BCUT2D eigenvalue weighted by Crippen LogP contribution is -2.44. The lowest BCUT2D eigenvalue weighted by molar-refractivity contribution is 0.0497. The molecule has 6 aromatic rings. The van der Waals surface area contributed by atoms with Crippen molar-refractivity contribution in [1.82, 2.24) is 54.2 Å². The number of hydrogen-bond acceptors (Lipinski definition) is 15. The zero-order chi connectivity index (χ0) is 51.0. The minimum Gasteiger partial charge on any atom is -0.444 e. The number of nitrogens with one attached hydrogen (secondary N) is 3. The predicted molar refractivity (Wildman–Crippen MR) is 281 cm³/mol. The number of amides is 3. The van der Waals surface area contributed by atoms with Crippen molar-refractivity contribution in [3.05, 3.63) is 72.6 Å². The fourth-order valence-corrected chi connectivity index (χ4v) is 11.6. The Morgan fingerprint density at radius 3 is 1.56 bits per heavy atom. The van der Waals surface area contributed by atoms with E-state index in [4.69, 9.17) is 20.4 Å². The van der Waals surface area contributed by atoms with E-state index in [1.165, 1.54) is 12.8 Å². The van der Waals surface area contributed by atoms with Crippen LogP contribution in [-0.2, 0) is 4.74 Å². The number of nitrogens with two attached hydrogens (primary N) is 1. The quantitative estimate of drug-likeness (QED) is 0.0992. The van der Waals surface area contributed by atoms with E-state index in [-0.39, 0.29) is 35.0 Å². The van der Waals surface area contributed by atoms with Crippen LogP contribution in [0.1, 0.15) is 118 Å². The van der Waals surface area contributed by atoms with Gasteiger partial charge in [0.1, 0.15) is 39.9 Å². The lowest BCUT2D eigenvalue weighted by atomic mass is 10.2. The van der Waals surface area contributed by atoms with Gasteiger partial charge in [0.15, 0.2) is 0 Å². The molecule has 4 unspecified atom stereocenters. The molecule has 6 fully saturated rings. The smallest absolute Gasteiger partial charge is 0.408 e. The fraction of sp³-hybridized carbons (Fsp3) is 0.528. The number of pyridine rings is 2. The van der Waals surface area contributed by atoms with Crippen LogP contribution in [0, 0.1) is 11.8 Å². The average Bonchev–Trinajstić information content (AvgIpc) is 3.93. The van der Waals surface area contributed by atoms with Crippen molar-refractivity contribution in [1.29, 1.82) is 0 Å². The van der Waals surface area contributed by atoms with E-state index in [0.29, 0.717) is 52.8 Å². The fourth-order valence-electron chi connectivity index (χ4n) is 11.6. The third-order valence-corrected chi connectivity index (χ3v) is 15.6. The molecule has 2 aliphatic heterocycles. The van der Waals surface area contributed by atoms with Crippen molar-refractivity contribution in [3.8, 4) is 0 Å². The minimum atomic E-state index is -0.518. The number of fused-ring (bicyclic) bond motifs is 4. The van der Waals surface area contributed by atoms with E-state index in [1.54, 1.807) is 50.4 Å². The zero-order valence-electron chi connectivity index (χ0n) is 43.1. The topological polar surface area (TPSA) is 223 Å². The number of rotatable bonds is 11. The van der Waals surface area contributed by atoms with Gasteiger partial charge in [-0.25, -0.2) is 24.7 Å². The summed E-state index contributed by atoms with van der Waals surface area (Å²) in [6.45, 7) is 9.13. The molecular weight excluding hydrogens is 925 g/mol. The number of anilines is 6. The highest BCUT2D eigenvalue weighted by Crippen LogP contribution is 2.51. The van der Waals surface area contributed by atoms with Gasteiger partial charge in [0.25, 0.3) is 11.8 Å². The average molecular weight is 993 g/mol. The Kier molecular flexibility index (Phi) is 12.2. The van der Waals surface area contributed by atoms with Crippen molar-refractivity contribution >= 4 is 74.9 Å². The number of piperidine rings is 2. The molecule has 20 nitrogen and oxygen atoms in total. The van der Waals surface area contributed by atoms with Crippen molar-refractivity contribution in [2.45, 2.75) is 114 Å². The molecule has 73 heavy (non-hydrogen) atoms. The summed E-state index contributed by atoms with van der Waals surface area (Å²) in [7, 11) is 7.11. The van der Waals surface area contributed by atoms with Crippen molar-refractivity contribution in [2.24, 2.45) is 17.6 Å². The maximum Gasteiger partial charge on any atom is 0.408 e. The van der Waals surface area contributed by atoms with Crippen LogP contribution in [0.2, 0.25) is 0 Å². The van der Waals surface area contributed by atoms with Gasteiger partial charge in [-0.3, -0.25) is 9.59 Å². The molecule has 5 N–H and O–H groups in total. The monoisotopic (exact) mass is 993 g/mol. The highest BCUT2D eigenvalue weighted by molar-refractivity contribution is 5.99. The molecule has 3 amide bonds. The molecule has 8 heterocycles. The number of alkyl carbamates (subject to hydrolysis) is 1. The number of ether oxygens (including phenoxy) is 1. The molecule has 0 spiro atoms. The van der Waals surface area contributed by atoms with E-state index in [0.717, 1.165) is 111 Å². The van der Waals surface area contributed by atoms with Gasteiger partial charge in [-0.15, -0.1) is 0 Å². The maximum atomic E-state index is 13.0. The van der Waals surface area contributed by atoms with Crippen LogP contribution in [0.5, 0.6) is 0 Å². The van der Waals surface area contributed by atoms with Gasteiger partial charge in [0.05, 0.1) is 29.3 Å². The summed E-state index contributed by atoms with van der Waals surface area (Å²) in [6, 6.07) is 12.3. The summed E-state index contributed by atoms with van der Waals surface area (Å²) in [5, 5.41) is 11.3. The summed E-state index contributed by atoms with van der Waals surface area (Å²) in [5.74, 6) is 3.24. The predicted octanol–water partition coefficient (Wildman–Crippen LogP) is 7.41. The molecule has 12 rings (SSSR count). The molecule has 4 saturated carbocycles. The third kappa shape index (κ3) is 9.68. The Morgan fingerprint density at radius 2 is 1.14 bits per heavy atom. The minimum absolute atomic E-state index is 0.00882. The summed E-state index contributed by atoms with van der Waals surface area (Å²) >= 11 is 0. The normalized spacial score (nSPS) is 23.2. The summed E-state index contributed by atoms with van der Waals surface area (Å²) in [6.07, 6.45) is 17.9. The van der Waals surface area contributed by atoms with Gasteiger partial charge in [-0.2, -0.15) is 9.97 Å². The Bertz CT molecular complexity index is 3060. The first kappa shape index (κ1) is 48.2. The first-order valence-electron chi connectivity index (χ1n) is 25.9. The summed E-state index contributed by atoms with van der Waals surface area (Å²) in [4.78, 5) is 73.8. The molecule has 4 aliphatic carbocycles. The van der Waals surface area contributed by atoms with Crippen LogP contribution in [0.4, 0.5) is 39.7 Å². The number of nitrogens with zero attached hydrogens (tertiary/aromatic N) is 12. The molecule has 4 atom stereocenters. The van der Waals surface area contributed by atoms with Crippen LogP contribution in [0.25, 0.3) is 22.1 Å². The second-order valence-corrected chi connectivity index (χ2v) is 22.7. The van der Waals surface area contributed by atoms with Crippen LogP contribution >= 0.6 is 0 Å². The third-order valence-electron chi connectivity index (χ3n) is 15.6. The van der Waals surface area contributed by atoms with E-state index in [1.807, 2.05) is 63.5 Å². The molecular formula is C53H68N16O4. The molecule has 6 aliphatic rings. The van der Waals surface area contributed by atoms with E-state index >= 15 is 0 Å². The molecule has 0 bridgehead atoms. The van der Waals surface area contributed by atoms with E-state index < -0.39 is 5.60 Å². The van der Waals surface area contributed by atoms with Crippen molar-refractivity contribution in [2.75, 3.05) is 74.8 Å². The number of hydrogen-bond donors (Lipinski definition) is 4. The van der Waals surface area contributed by atoms with Crippen LogP contribution in [0.15, 0.2) is 61.2 Å². The Morgan fingerprint density at radius 1 is 0.658 bits per heavy atom. The zero-order valence-corrected chi connectivity index (χ0v) is 43.1. The van der Waals surface area contributed by atoms with Gasteiger partial charge >= 0.3 is 6.09 Å². The first-order valence-corrected chi connectivity index (χ1v) is 25.9. The number of aromatic nitrogens is 8. The molecule has 0 radical (unpaired) electrons. The standard InChI is InChI=1S/C29H38N8O3.C24H30N8O/c1-28(2,3)40-27(39)34-29-13-19(29)16-36(17-29)21-10-11-23(30-15-21)32-26-31-14-18-12-22(25(38)35(4)5)37(24(18)33-26)20-8-6-7-9-20;1-30(2)22(33)19-9-15-11-27-23(29-21(15)32(19)17-5-3-4-6-17)28-20-8-7-18(12-26-20)31-13-16-10-24(16,25)14-31/h10-12,14-15,19-20H,6-9,13,16-17H2,1-5H3,(H,34,39)(H,30,31,32,33);7-9,11-12,16-17H,3-6,10,13-14,25H2,1-2H3,(H,26,27,28,29).